The van der Waals surface area contributed by atoms with Gasteiger partial charge in [0.1, 0.15) is 0 Å². The van der Waals surface area contributed by atoms with E-state index in [4.69, 9.17) is 4.99 Å². The van der Waals surface area contributed by atoms with Gasteiger partial charge < -0.3 is 15.5 Å². The average Bonchev–Trinajstić information content (AvgIpc) is 2.68. The van der Waals surface area contributed by atoms with E-state index >= 15 is 0 Å². The van der Waals surface area contributed by atoms with Crippen molar-refractivity contribution in [2.45, 2.75) is 45.7 Å². The lowest BCUT2D eigenvalue weighted by atomic mass is 10.1. The van der Waals surface area contributed by atoms with E-state index < -0.39 is 0 Å². The molecule has 1 saturated heterocycles. The molecule has 0 spiro atoms. The van der Waals surface area contributed by atoms with Gasteiger partial charge in [-0.1, -0.05) is 31.2 Å². The summed E-state index contributed by atoms with van der Waals surface area (Å²) >= 11 is 0. The number of fused-ring (bicyclic) bond motifs is 1. The number of rotatable bonds is 6. The molecule has 2 heterocycles. The van der Waals surface area contributed by atoms with Gasteiger partial charge in [-0.15, -0.1) is 0 Å². The molecule has 1 aliphatic heterocycles. The highest BCUT2D eigenvalue weighted by atomic mass is 15.2. The van der Waals surface area contributed by atoms with Gasteiger partial charge in [-0.3, -0.25) is 4.98 Å². The molecule has 1 aliphatic rings. The van der Waals surface area contributed by atoms with Crippen molar-refractivity contribution in [3.8, 4) is 0 Å². The largest absolute Gasteiger partial charge is 0.357 e. The number of aromatic nitrogens is 1. The molecule has 0 saturated carbocycles. The van der Waals surface area contributed by atoms with Gasteiger partial charge in [-0.25, -0.2) is 4.99 Å². The summed E-state index contributed by atoms with van der Waals surface area (Å²) in [7, 11) is 0. The Bertz CT molecular complexity index is 714. The number of para-hydroxylation sites is 1. The Morgan fingerprint density at radius 2 is 2.00 bits per heavy atom. The predicted molar refractivity (Wildman–Crippen MR) is 109 cm³/mol. The number of piperidine rings is 1. The first-order valence-electron chi connectivity index (χ1n) is 9.90. The van der Waals surface area contributed by atoms with Gasteiger partial charge in [-0.05, 0) is 44.4 Å². The zero-order valence-corrected chi connectivity index (χ0v) is 16.0. The first-order valence-corrected chi connectivity index (χ1v) is 9.90. The molecule has 5 heteroatoms. The van der Waals surface area contributed by atoms with E-state index in [-0.39, 0.29) is 0 Å². The Morgan fingerprint density at radius 1 is 1.19 bits per heavy atom. The van der Waals surface area contributed by atoms with Crippen molar-refractivity contribution < 1.29 is 0 Å². The number of pyridine rings is 1. The van der Waals surface area contributed by atoms with Crippen LogP contribution in [0, 0.1) is 0 Å². The van der Waals surface area contributed by atoms with E-state index in [9.17, 15) is 0 Å². The van der Waals surface area contributed by atoms with E-state index in [0.29, 0.717) is 12.6 Å². The van der Waals surface area contributed by atoms with Crippen LogP contribution in [0.5, 0.6) is 0 Å². The third-order valence-electron chi connectivity index (χ3n) is 4.94. The van der Waals surface area contributed by atoms with Crippen molar-refractivity contribution in [3.05, 3.63) is 42.1 Å². The lowest BCUT2D eigenvalue weighted by Gasteiger charge is -2.32. The van der Waals surface area contributed by atoms with Crippen molar-refractivity contribution in [3.63, 3.8) is 0 Å². The number of likely N-dealkylation sites (tertiary alicyclic amines) is 1. The summed E-state index contributed by atoms with van der Waals surface area (Å²) in [4.78, 5) is 11.9. The maximum Gasteiger partial charge on any atom is 0.191 e. The molecule has 0 atom stereocenters. The zero-order chi connectivity index (χ0) is 18.2. The van der Waals surface area contributed by atoms with Crippen LogP contribution in [-0.2, 0) is 6.54 Å². The maximum absolute atomic E-state index is 4.82. The van der Waals surface area contributed by atoms with Gasteiger partial charge in [0.05, 0.1) is 12.1 Å². The molecule has 2 aromatic rings. The second kappa shape index (κ2) is 9.53. The van der Waals surface area contributed by atoms with Crippen LogP contribution in [0.1, 0.15) is 38.7 Å². The third-order valence-corrected chi connectivity index (χ3v) is 4.94. The van der Waals surface area contributed by atoms with Gasteiger partial charge in [0.15, 0.2) is 5.96 Å². The highest BCUT2D eigenvalue weighted by Gasteiger charge is 2.19. The molecule has 0 amide bonds. The fourth-order valence-electron chi connectivity index (χ4n) is 3.59. The number of hydrogen-bond donors (Lipinski definition) is 2. The van der Waals surface area contributed by atoms with E-state index in [2.05, 4.69) is 58.6 Å². The minimum absolute atomic E-state index is 0.506. The summed E-state index contributed by atoms with van der Waals surface area (Å²) in [6.07, 6.45) is 5.45. The van der Waals surface area contributed by atoms with Crippen molar-refractivity contribution in [2.75, 3.05) is 26.2 Å². The predicted octanol–water partition coefficient (Wildman–Crippen LogP) is 3.16. The lowest BCUT2D eigenvalue weighted by Crippen LogP contribution is -2.48. The molecule has 0 aliphatic carbocycles. The van der Waals surface area contributed by atoms with Crippen molar-refractivity contribution in [1.82, 2.24) is 20.5 Å². The number of nitrogens with one attached hydrogen (secondary N) is 2. The number of aliphatic imine (C=N–C) groups is 1. The first-order chi connectivity index (χ1) is 12.8. The fourth-order valence-corrected chi connectivity index (χ4v) is 3.59. The average molecular weight is 354 g/mol. The quantitative estimate of drug-likeness (QED) is 0.619. The molecule has 140 valence electrons. The molecular formula is C21H31N5. The molecular weight excluding hydrogens is 322 g/mol. The Balaban J connectivity index is 1.64. The van der Waals surface area contributed by atoms with Crippen LogP contribution in [-0.4, -0.2) is 48.1 Å². The van der Waals surface area contributed by atoms with Crippen molar-refractivity contribution >= 4 is 16.9 Å². The molecule has 0 unspecified atom stereocenters. The molecule has 2 N–H and O–H groups in total. The molecule has 1 aromatic carbocycles. The van der Waals surface area contributed by atoms with Crippen LogP contribution in [0.4, 0.5) is 0 Å². The van der Waals surface area contributed by atoms with Gasteiger partial charge in [0.25, 0.3) is 0 Å². The summed E-state index contributed by atoms with van der Waals surface area (Å²) in [5.41, 5.74) is 2.21. The number of hydrogen-bond acceptors (Lipinski definition) is 3. The fraction of sp³-hybridized carbons (Fsp3) is 0.524. The highest BCUT2D eigenvalue weighted by Crippen LogP contribution is 2.16. The molecule has 1 fully saturated rings. The minimum Gasteiger partial charge on any atom is -0.357 e. The van der Waals surface area contributed by atoms with E-state index in [1.165, 1.54) is 44.3 Å². The number of guanidine groups is 1. The maximum atomic E-state index is 4.82. The Hall–Kier alpha value is -2.14. The monoisotopic (exact) mass is 353 g/mol. The Kier molecular flexibility index (Phi) is 6.83. The summed E-state index contributed by atoms with van der Waals surface area (Å²) < 4.78 is 0. The smallest absolute Gasteiger partial charge is 0.191 e. The van der Waals surface area contributed by atoms with Crippen molar-refractivity contribution in [2.24, 2.45) is 4.99 Å². The number of nitrogens with zero attached hydrogens (tertiary/aromatic N) is 3. The summed E-state index contributed by atoms with van der Waals surface area (Å²) in [5, 5.41) is 8.19. The highest BCUT2D eigenvalue weighted by molar-refractivity contribution is 5.83. The normalized spacial score (nSPS) is 16.8. The van der Waals surface area contributed by atoms with Crippen LogP contribution < -0.4 is 10.6 Å². The third kappa shape index (κ3) is 4.94. The van der Waals surface area contributed by atoms with E-state index in [0.717, 1.165) is 23.6 Å². The summed E-state index contributed by atoms with van der Waals surface area (Å²) in [6.45, 7) is 9.45. The minimum atomic E-state index is 0.506. The molecule has 5 nitrogen and oxygen atoms in total. The molecule has 1 aromatic heterocycles. The zero-order valence-electron chi connectivity index (χ0n) is 16.0. The molecule has 0 radical (unpaired) electrons. The standard InChI is InChI=1S/C21H31N5/c1-3-13-26-14-10-19(11-15-26)25-21(22-4-2)24-16-18-8-5-7-17-9-6-12-23-20(17)18/h5-9,12,19H,3-4,10-11,13-16H2,1-2H3,(H2,22,24,25). The van der Waals surface area contributed by atoms with Crippen LogP contribution >= 0.6 is 0 Å². The summed E-state index contributed by atoms with van der Waals surface area (Å²) in [6, 6.07) is 10.9. The van der Waals surface area contributed by atoms with E-state index in [1.807, 2.05) is 12.3 Å². The van der Waals surface area contributed by atoms with Crippen molar-refractivity contribution in [1.29, 1.82) is 0 Å². The van der Waals surface area contributed by atoms with Crippen LogP contribution in [0.25, 0.3) is 10.9 Å². The Labute approximate surface area is 156 Å². The molecule has 0 bridgehead atoms. The van der Waals surface area contributed by atoms with Gasteiger partial charge >= 0.3 is 0 Å². The van der Waals surface area contributed by atoms with E-state index in [1.54, 1.807) is 0 Å². The van der Waals surface area contributed by atoms with Crippen LogP contribution in [0.15, 0.2) is 41.5 Å². The van der Waals surface area contributed by atoms with Gasteiger partial charge in [-0.2, -0.15) is 0 Å². The second-order valence-corrected chi connectivity index (χ2v) is 6.95. The van der Waals surface area contributed by atoms with Crippen LogP contribution in [0.2, 0.25) is 0 Å². The first kappa shape index (κ1) is 18.6. The Morgan fingerprint density at radius 3 is 2.77 bits per heavy atom. The van der Waals surface area contributed by atoms with Gasteiger partial charge in [0, 0.05) is 37.3 Å². The molecule has 26 heavy (non-hydrogen) atoms. The number of benzene rings is 1. The lowest BCUT2D eigenvalue weighted by molar-refractivity contribution is 0.206. The van der Waals surface area contributed by atoms with Crippen LogP contribution in [0.3, 0.4) is 0 Å². The SMILES string of the molecule is CCCN1CCC(NC(=NCc2cccc3cccnc23)NCC)CC1. The van der Waals surface area contributed by atoms with Gasteiger partial charge in [0.2, 0.25) is 0 Å². The second-order valence-electron chi connectivity index (χ2n) is 6.95. The summed E-state index contributed by atoms with van der Waals surface area (Å²) in [5.74, 6) is 0.911. The topological polar surface area (TPSA) is 52.5 Å². The molecule has 3 rings (SSSR count).